The smallest absolute Gasteiger partial charge is 0.343 e. The number of nitro groups is 1. The van der Waals surface area contributed by atoms with E-state index >= 15 is 0 Å². The maximum absolute atomic E-state index is 12.4. The number of methoxy groups -OCH3 is 1. The van der Waals surface area contributed by atoms with Gasteiger partial charge in [0.05, 0.1) is 32.8 Å². The highest BCUT2D eigenvalue weighted by atomic mass is 79.9. The van der Waals surface area contributed by atoms with E-state index in [1.165, 1.54) is 43.7 Å². The first-order valence-corrected chi connectivity index (χ1v) is 11.8. The van der Waals surface area contributed by atoms with E-state index in [4.69, 9.17) is 14.2 Å². The Labute approximate surface area is 222 Å². The van der Waals surface area contributed by atoms with Crippen LogP contribution in [0.4, 0.5) is 5.69 Å². The Morgan fingerprint density at radius 2 is 1.72 bits per heavy atom. The van der Waals surface area contributed by atoms with E-state index < -0.39 is 16.8 Å². The van der Waals surface area contributed by atoms with Gasteiger partial charge >= 0.3 is 5.97 Å². The van der Waals surface area contributed by atoms with E-state index in [0.29, 0.717) is 20.3 Å². The van der Waals surface area contributed by atoms with Crippen molar-refractivity contribution in [3.8, 4) is 17.2 Å². The molecule has 36 heavy (non-hydrogen) atoms. The van der Waals surface area contributed by atoms with Gasteiger partial charge in [-0.05, 0) is 92.4 Å². The third-order valence-electron chi connectivity index (χ3n) is 4.60. The summed E-state index contributed by atoms with van der Waals surface area (Å²) in [6.45, 7) is 1.68. The minimum absolute atomic E-state index is 0.137. The first-order valence-electron chi connectivity index (χ1n) is 10.2. The number of ether oxygens (including phenoxy) is 3. The fourth-order valence-corrected chi connectivity index (χ4v) is 4.54. The molecule has 3 rings (SSSR count). The van der Waals surface area contributed by atoms with Crippen LogP contribution >= 0.6 is 31.9 Å². The van der Waals surface area contributed by atoms with Gasteiger partial charge in [0.1, 0.15) is 5.75 Å². The quantitative estimate of drug-likeness (QED) is 0.115. The molecule has 0 unspecified atom stereocenters. The van der Waals surface area contributed by atoms with Crippen LogP contribution in [0.25, 0.3) is 0 Å². The molecule has 0 fully saturated rings. The fourth-order valence-electron chi connectivity index (χ4n) is 2.90. The zero-order chi connectivity index (χ0) is 26.2. The van der Waals surface area contributed by atoms with Crippen LogP contribution in [0.2, 0.25) is 0 Å². The van der Waals surface area contributed by atoms with E-state index in [0.717, 1.165) is 5.56 Å². The van der Waals surface area contributed by atoms with Gasteiger partial charge in [0.25, 0.3) is 11.6 Å². The summed E-state index contributed by atoms with van der Waals surface area (Å²) in [6.07, 6.45) is 1.39. The lowest BCUT2D eigenvalue weighted by atomic mass is 10.2. The van der Waals surface area contributed by atoms with Crippen molar-refractivity contribution in [1.82, 2.24) is 5.43 Å². The summed E-state index contributed by atoms with van der Waals surface area (Å²) in [7, 11) is 1.40. The van der Waals surface area contributed by atoms with Crippen LogP contribution in [0.15, 0.2) is 68.6 Å². The largest absolute Gasteiger partial charge is 0.493 e. The highest BCUT2D eigenvalue weighted by molar-refractivity contribution is 9.11. The topological polar surface area (TPSA) is 129 Å². The molecule has 0 aliphatic rings. The number of nitrogens with zero attached hydrogens (tertiary/aromatic N) is 2. The third-order valence-corrected chi connectivity index (χ3v) is 5.78. The number of carbonyl (C=O) groups excluding carboxylic acids is 2. The number of halogens is 2. The van der Waals surface area contributed by atoms with Gasteiger partial charge in [-0.3, -0.25) is 14.9 Å². The van der Waals surface area contributed by atoms with Crippen molar-refractivity contribution < 1.29 is 28.7 Å². The Morgan fingerprint density at radius 3 is 2.33 bits per heavy atom. The molecule has 1 N–H and O–H groups in total. The summed E-state index contributed by atoms with van der Waals surface area (Å²) in [5.74, 6) is -0.277. The minimum Gasteiger partial charge on any atom is -0.493 e. The summed E-state index contributed by atoms with van der Waals surface area (Å²) in [4.78, 5) is 34.7. The zero-order valence-corrected chi connectivity index (χ0v) is 22.2. The number of carbonyl (C=O) groups is 2. The van der Waals surface area contributed by atoms with E-state index in [2.05, 4.69) is 42.4 Å². The van der Waals surface area contributed by atoms with Crippen molar-refractivity contribution in [3.63, 3.8) is 0 Å². The molecule has 0 saturated carbocycles. The number of esters is 1. The average molecular weight is 621 g/mol. The monoisotopic (exact) mass is 619 g/mol. The van der Waals surface area contributed by atoms with E-state index in [9.17, 15) is 19.7 Å². The third kappa shape index (κ3) is 7.12. The molecule has 3 aromatic carbocycles. The molecule has 1 amide bonds. The Bertz CT molecular complexity index is 1300. The van der Waals surface area contributed by atoms with Crippen molar-refractivity contribution in [2.45, 2.75) is 6.92 Å². The van der Waals surface area contributed by atoms with Crippen LogP contribution in [0.3, 0.4) is 0 Å². The summed E-state index contributed by atoms with van der Waals surface area (Å²) in [6, 6.07) is 13.4. The number of rotatable bonds is 9. The maximum Gasteiger partial charge on any atom is 0.343 e. The van der Waals surface area contributed by atoms with Crippen LogP contribution in [-0.4, -0.2) is 36.7 Å². The molecule has 0 aliphatic heterocycles. The lowest BCUT2D eigenvalue weighted by Gasteiger charge is -2.10. The van der Waals surface area contributed by atoms with Gasteiger partial charge in [-0.15, -0.1) is 0 Å². The molecule has 3 aromatic rings. The van der Waals surface area contributed by atoms with Crippen molar-refractivity contribution in [2.75, 3.05) is 13.7 Å². The summed E-state index contributed by atoms with van der Waals surface area (Å²) < 4.78 is 17.6. The molecule has 0 spiro atoms. The fraction of sp³-hybridized carbons (Fsp3) is 0.125. The molecular weight excluding hydrogens is 602 g/mol. The van der Waals surface area contributed by atoms with Crippen LogP contribution in [-0.2, 0) is 4.79 Å². The molecular formula is C24H19Br2N3O7. The number of hydrazone groups is 1. The van der Waals surface area contributed by atoms with Gasteiger partial charge < -0.3 is 14.2 Å². The maximum atomic E-state index is 12.4. The van der Waals surface area contributed by atoms with Gasteiger partial charge in [0.15, 0.2) is 18.1 Å². The molecule has 0 aliphatic carbocycles. The number of benzene rings is 3. The summed E-state index contributed by atoms with van der Waals surface area (Å²) in [5.41, 5.74) is 3.96. The van der Waals surface area contributed by atoms with Gasteiger partial charge in [0, 0.05) is 12.1 Å². The minimum atomic E-state index is -0.705. The second kappa shape index (κ2) is 12.3. The Morgan fingerprint density at radius 1 is 1.06 bits per heavy atom. The normalized spacial score (nSPS) is 10.7. The number of nitrogens with one attached hydrogen (secondary N) is 1. The van der Waals surface area contributed by atoms with E-state index in [1.807, 2.05) is 19.1 Å². The SMILES string of the molecule is COc1cc(/C=N/NC(=O)COc2c(Br)cc(C)cc2Br)ccc1OC(=O)c1ccc([N+](=O)[O-])cc1. The predicted octanol–water partition coefficient (Wildman–Crippen LogP) is 5.19. The summed E-state index contributed by atoms with van der Waals surface area (Å²) >= 11 is 6.81. The van der Waals surface area contributed by atoms with Crippen molar-refractivity contribution in [3.05, 3.63) is 90.3 Å². The van der Waals surface area contributed by atoms with Crippen LogP contribution in [0, 0.1) is 17.0 Å². The first-order chi connectivity index (χ1) is 17.2. The molecule has 0 radical (unpaired) electrons. The zero-order valence-electron chi connectivity index (χ0n) is 19.0. The number of nitro benzene ring substituents is 1. The van der Waals surface area contributed by atoms with Crippen molar-refractivity contribution in [2.24, 2.45) is 5.10 Å². The van der Waals surface area contributed by atoms with Gasteiger partial charge in [-0.2, -0.15) is 5.10 Å². The first kappa shape index (κ1) is 26.8. The molecule has 10 nitrogen and oxygen atoms in total. The second-order valence-electron chi connectivity index (χ2n) is 7.24. The lowest BCUT2D eigenvalue weighted by molar-refractivity contribution is -0.384. The van der Waals surface area contributed by atoms with Gasteiger partial charge in [-0.25, -0.2) is 10.2 Å². The predicted molar refractivity (Wildman–Crippen MR) is 139 cm³/mol. The molecule has 0 aromatic heterocycles. The van der Waals surface area contributed by atoms with Crippen LogP contribution in [0.5, 0.6) is 17.2 Å². The lowest BCUT2D eigenvalue weighted by Crippen LogP contribution is -2.24. The number of aryl methyl sites for hydroxylation is 1. The molecule has 0 atom stereocenters. The average Bonchev–Trinajstić information content (AvgIpc) is 2.84. The number of amides is 1. The van der Waals surface area contributed by atoms with E-state index in [-0.39, 0.29) is 29.4 Å². The molecule has 186 valence electrons. The Hall–Kier alpha value is -3.77. The Balaban J connectivity index is 1.58. The number of hydrogen-bond donors (Lipinski definition) is 1. The Kier molecular flexibility index (Phi) is 9.14. The molecule has 0 heterocycles. The van der Waals surface area contributed by atoms with Crippen LogP contribution in [0.1, 0.15) is 21.5 Å². The molecule has 0 saturated heterocycles. The van der Waals surface area contributed by atoms with Crippen molar-refractivity contribution in [1.29, 1.82) is 0 Å². The molecule has 0 bridgehead atoms. The summed E-state index contributed by atoms with van der Waals surface area (Å²) in [5, 5.41) is 14.7. The number of hydrogen-bond acceptors (Lipinski definition) is 8. The van der Waals surface area contributed by atoms with Crippen molar-refractivity contribution >= 4 is 55.6 Å². The van der Waals surface area contributed by atoms with Gasteiger partial charge in [-0.1, -0.05) is 0 Å². The standard InChI is InChI=1S/C24H19Br2N3O7/c1-14-9-18(25)23(19(26)10-14)35-13-22(30)28-27-12-15-3-8-20(21(11-15)34-2)36-24(31)16-4-6-17(7-5-16)29(32)33/h3-12H,13H2,1-2H3,(H,28,30)/b27-12+. The van der Waals surface area contributed by atoms with E-state index in [1.54, 1.807) is 12.1 Å². The second-order valence-corrected chi connectivity index (χ2v) is 8.95. The van der Waals surface area contributed by atoms with Crippen LogP contribution < -0.4 is 19.6 Å². The van der Waals surface area contributed by atoms with Gasteiger partial charge in [0.2, 0.25) is 0 Å². The number of non-ortho nitro benzene ring substituents is 1. The highest BCUT2D eigenvalue weighted by Gasteiger charge is 2.15. The highest BCUT2D eigenvalue weighted by Crippen LogP contribution is 2.34. The molecule has 12 heteroatoms.